The van der Waals surface area contributed by atoms with Crippen molar-refractivity contribution >= 4 is 11.3 Å². The van der Waals surface area contributed by atoms with Gasteiger partial charge in [-0.2, -0.15) is 13.2 Å². The van der Waals surface area contributed by atoms with Gasteiger partial charge in [-0.15, -0.1) is 11.3 Å². The van der Waals surface area contributed by atoms with Gasteiger partial charge in [0.25, 0.3) is 0 Å². The van der Waals surface area contributed by atoms with Crippen molar-refractivity contribution in [3.05, 3.63) is 47.3 Å². The summed E-state index contributed by atoms with van der Waals surface area (Å²) < 4.78 is 38.3. The van der Waals surface area contributed by atoms with Crippen LogP contribution in [0, 0.1) is 0 Å². The fourth-order valence-corrected chi connectivity index (χ4v) is 2.71. The third kappa shape index (κ3) is 2.75. The lowest BCUT2D eigenvalue weighted by Crippen LogP contribution is -2.19. The molecule has 1 heterocycles. The Hall–Kier alpha value is -1.29. The van der Waals surface area contributed by atoms with Crippen LogP contribution in [-0.2, 0) is 0 Å². The zero-order chi connectivity index (χ0) is 13.2. The molecule has 0 amide bonds. The van der Waals surface area contributed by atoms with E-state index in [1.165, 1.54) is 0 Å². The lowest BCUT2D eigenvalue weighted by Gasteiger charge is -2.19. The second-order valence-corrected chi connectivity index (χ2v) is 5.05. The molecule has 4 heteroatoms. The fraction of sp³-hybridized carbons (Fsp3) is 0.286. The Labute approximate surface area is 108 Å². The highest BCUT2D eigenvalue weighted by molar-refractivity contribution is 7.13. The molecule has 2 rings (SSSR count). The predicted molar refractivity (Wildman–Crippen MR) is 68.8 cm³/mol. The third-order valence-electron chi connectivity index (χ3n) is 2.92. The standard InChI is InChI=1S/C14H13F3S/c1-2-12(14(15,16)17)10-5-7-11(8-6-10)13-4-3-9-18-13/h3-9,12H,2H2,1H3. The number of halogens is 3. The minimum absolute atomic E-state index is 0.0713. The molecule has 0 aliphatic rings. The molecule has 2 aromatic rings. The van der Waals surface area contributed by atoms with Crippen molar-refractivity contribution in [2.45, 2.75) is 25.4 Å². The number of hydrogen-bond donors (Lipinski definition) is 0. The quantitative estimate of drug-likeness (QED) is 0.693. The van der Waals surface area contributed by atoms with E-state index in [1.807, 2.05) is 17.5 Å². The number of alkyl halides is 3. The summed E-state index contributed by atoms with van der Waals surface area (Å²) in [6.45, 7) is 1.56. The molecular formula is C14H13F3S. The van der Waals surface area contributed by atoms with Crippen LogP contribution in [0.4, 0.5) is 13.2 Å². The first kappa shape index (κ1) is 13.1. The molecule has 0 aliphatic carbocycles. The number of benzene rings is 1. The molecule has 0 nitrogen and oxygen atoms in total. The van der Waals surface area contributed by atoms with Gasteiger partial charge in [0.1, 0.15) is 0 Å². The predicted octanol–water partition coefficient (Wildman–Crippen LogP) is 5.47. The van der Waals surface area contributed by atoms with Gasteiger partial charge in [0.2, 0.25) is 0 Å². The van der Waals surface area contributed by atoms with Gasteiger partial charge < -0.3 is 0 Å². The molecule has 1 aromatic heterocycles. The van der Waals surface area contributed by atoms with Crippen LogP contribution < -0.4 is 0 Å². The molecule has 0 aliphatic heterocycles. The number of thiophene rings is 1. The van der Waals surface area contributed by atoms with Crippen LogP contribution in [0.5, 0.6) is 0 Å². The van der Waals surface area contributed by atoms with Crippen LogP contribution in [0.2, 0.25) is 0 Å². The Kier molecular flexibility index (Phi) is 3.76. The molecule has 0 spiro atoms. The lowest BCUT2D eigenvalue weighted by molar-refractivity contribution is -0.151. The van der Waals surface area contributed by atoms with Crippen LogP contribution >= 0.6 is 11.3 Å². The SMILES string of the molecule is CCC(c1ccc(-c2cccs2)cc1)C(F)(F)F. The maximum Gasteiger partial charge on any atom is 0.395 e. The second-order valence-electron chi connectivity index (χ2n) is 4.10. The first-order valence-electron chi connectivity index (χ1n) is 5.73. The van der Waals surface area contributed by atoms with E-state index in [0.717, 1.165) is 10.4 Å². The average molecular weight is 270 g/mol. The van der Waals surface area contributed by atoms with Crippen molar-refractivity contribution in [2.75, 3.05) is 0 Å². The summed E-state index contributed by atoms with van der Waals surface area (Å²) in [7, 11) is 0. The Morgan fingerprint density at radius 2 is 1.78 bits per heavy atom. The third-order valence-corrected chi connectivity index (χ3v) is 3.84. The smallest absolute Gasteiger partial charge is 0.170 e. The van der Waals surface area contributed by atoms with E-state index >= 15 is 0 Å². The van der Waals surface area contributed by atoms with Gasteiger partial charge in [-0.05, 0) is 29.0 Å². The molecule has 18 heavy (non-hydrogen) atoms. The topological polar surface area (TPSA) is 0 Å². The molecule has 0 saturated carbocycles. The molecule has 0 N–H and O–H groups in total. The van der Waals surface area contributed by atoms with Crippen molar-refractivity contribution in [1.29, 1.82) is 0 Å². The molecule has 0 fully saturated rings. The van der Waals surface area contributed by atoms with Gasteiger partial charge in [0.15, 0.2) is 0 Å². The van der Waals surface area contributed by atoms with E-state index in [-0.39, 0.29) is 6.42 Å². The zero-order valence-electron chi connectivity index (χ0n) is 9.87. The monoisotopic (exact) mass is 270 g/mol. The molecule has 1 unspecified atom stereocenters. The van der Waals surface area contributed by atoms with E-state index in [1.54, 1.807) is 42.5 Å². The summed E-state index contributed by atoms with van der Waals surface area (Å²) in [6, 6.07) is 10.6. The van der Waals surface area contributed by atoms with E-state index in [4.69, 9.17) is 0 Å². The van der Waals surface area contributed by atoms with Crippen LogP contribution in [-0.4, -0.2) is 6.18 Å². The van der Waals surface area contributed by atoms with Crippen LogP contribution in [0.3, 0.4) is 0 Å². The van der Waals surface area contributed by atoms with Crippen molar-refractivity contribution < 1.29 is 13.2 Å². The molecule has 96 valence electrons. The van der Waals surface area contributed by atoms with Gasteiger partial charge in [0.05, 0.1) is 5.92 Å². The zero-order valence-corrected chi connectivity index (χ0v) is 10.7. The summed E-state index contributed by atoms with van der Waals surface area (Å²) in [6.07, 6.45) is -4.10. The molecule has 1 atom stereocenters. The molecule has 1 aromatic carbocycles. The van der Waals surface area contributed by atoms with Gasteiger partial charge >= 0.3 is 6.18 Å². The molecule has 0 saturated heterocycles. The number of rotatable bonds is 3. The van der Waals surface area contributed by atoms with Crippen molar-refractivity contribution in [3.63, 3.8) is 0 Å². The Morgan fingerprint density at radius 3 is 2.22 bits per heavy atom. The van der Waals surface area contributed by atoms with E-state index in [9.17, 15) is 13.2 Å². The largest absolute Gasteiger partial charge is 0.395 e. The van der Waals surface area contributed by atoms with E-state index in [0.29, 0.717) is 5.56 Å². The summed E-state index contributed by atoms with van der Waals surface area (Å²) >= 11 is 1.58. The van der Waals surface area contributed by atoms with E-state index < -0.39 is 12.1 Å². The molecule has 0 radical (unpaired) electrons. The highest BCUT2D eigenvalue weighted by atomic mass is 32.1. The normalized spacial score (nSPS) is 13.6. The highest BCUT2D eigenvalue weighted by Gasteiger charge is 2.39. The molecular weight excluding hydrogens is 257 g/mol. The number of hydrogen-bond acceptors (Lipinski definition) is 1. The van der Waals surface area contributed by atoms with Gasteiger partial charge in [-0.25, -0.2) is 0 Å². The minimum Gasteiger partial charge on any atom is -0.170 e. The Bertz CT molecular complexity index is 483. The lowest BCUT2D eigenvalue weighted by atomic mass is 9.95. The highest BCUT2D eigenvalue weighted by Crippen LogP contribution is 2.38. The first-order chi connectivity index (χ1) is 8.52. The van der Waals surface area contributed by atoms with Gasteiger partial charge in [0, 0.05) is 4.88 Å². The fourth-order valence-electron chi connectivity index (χ4n) is 1.98. The van der Waals surface area contributed by atoms with Crippen molar-refractivity contribution in [2.24, 2.45) is 0 Å². The van der Waals surface area contributed by atoms with Crippen LogP contribution in [0.15, 0.2) is 41.8 Å². The van der Waals surface area contributed by atoms with E-state index in [2.05, 4.69) is 0 Å². The summed E-state index contributed by atoms with van der Waals surface area (Å²) in [4.78, 5) is 1.07. The van der Waals surface area contributed by atoms with Crippen LogP contribution in [0.25, 0.3) is 10.4 Å². The first-order valence-corrected chi connectivity index (χ1v) is 6.61. The minimum atomic E-state index is -4.17. The van der Waals surface area contributed by atoms with Gasteiger partial charge in [-0.1, -0.05) is 37.3 Å². The average Bonchev–Trinajstić information content (AvgIpc) is 2.82. The molecule has 0 bridgehead atoms. The Balaban J connectivity index is 2.27. The van der Waals surface area contributed by atoms with Gasteiger partial charge in [-0.3, -0.25) is 0 Å². The van der Waals surface area contributed by atoms with Crippen molar-refractivity contribution in [3.8, 4) is 10.4 Å². The maximum atomic E-state index is 12.8. The maximum absolute atomic E-state index is 12.8. The van der Waals surface area contributed by atoms with Crippen molar-refractivity contribution in [1.82, 2.24) is 0 Å². The second kappa shape index (κ2) is 5.14. The Morgan fingerprint density at radius 1 is 1.11 bits per heavy atom. The summed E-state index contributed by atoms with van der Waals surface area (Å²) in [5.74, 6) is -1.37. The van der Waals surface area contributed by atoms with Crippen LogP contribution in [0.1, 0.15) is 24.8 Å². The summed E-state index contributed by atoms with van der Waals surface area (Å²) in [5, 5.41) is 1.95. The summed E-state index contributed by atoms with van der Waals surface area (Å²) in [5.41, 5.74) is 1.30.